The zero-order chi connectivity index (χ0) is 10.7. The van der Waals surface area contributed by atoms with Gasteiger partial charge in [-0.25, -0.2) is 4.98 Å². The van der Waals surface area contributed by atoms with Crippen LogP contribution in [0.5, 0.6) is 5.75 Å². The first kappa shape index (κ1) is 10.2. The molecule has 1 aromatic heterocycles. The van der Waals surface area contributed by atoms with Gasteiger partial charge in [0.2, 0.25) is 0 Å². The van der Waals surface area contributed by atoms with Gasteiger partial charge in [0.05, 0.1) is 12.3 Å². The van der Waals surface area contributed by atoms with Gasteiger partial charge in [0.15, 0.2) is 5.51 Å². The first-order valence-electron chi connectivity index (χ1n) is 4.88. The van der Waals surface area contributed by atoms with Crippen LogP contribution in [0.3, 0.4) is 0 Å². The molecule has 0 aliphatic carbocycles. The molecule has 15 heavy (non-hydrogen) atoms. The number of aryl methyl sites for hydroxylation is 1. The summed E-state index contributed by atoms with van der Waals surface area (Å²) >= 11 is 1.55. The van der Waals surface area contributed by atoms with Gasteiger partial charge in [-0.05, 0) is 38.1 Å². The Balaban J connectivity index is 2.28. The maximum Gasteiger partial charge on any atom is 0.153 e. The number of hydrogen-bond donors (Lipinski definition) is 0. The molecule has 0 fully saturated rings. The van der Waals surface area contributed by atoms with E-state index < -0.39 is 0 Å². The van der Waals surface area contributed by atoms with Gasteiger partial charge in [0, 0.05) is 10.4 Å². The number of thiazole rings is 1. The third-order valence-corrected chi connectivity index (χ3v) is 2.81. The number of nitrogens with zero attached hydrogens (tertiary/aromatic N) is 1. The van der Waals surface area contributed by atoms with E-state index in [2.05, 4.69) is 17.4 Å². The highest BCUT2D eigenvalue weighted by atomic mass is 32.1. The number of benzene rings is 1. The van der Waals surface area contributed by atoms with Gasteiger partial charge in [0.1, 0.15) is 5.75 Å². The van der Waals surface area contributed by atoms with Gasteiger partial charge in [0.25, 0.3) is 0 Å². The zero-order valence-electron chi connectivity index (χ0n) is 8.78. The standard InChI is InChI=1S/C12H12NOS/c1-3-14-11-6-4-10(5-7-11)12-9(2)15-8-13-12/h4-7H,3H2,1-2H3. The van der Waals surface area contributed by atoms with E-state index in [0.717, 1.165) is 17.0 Å². The van der Waals surface area contributed by atoms with Crippen LogP contribution in [-0.2, 0) is 0 Å². The third kappa shape index (κ3) is 2.18. The highest BCUT2D eigenvalue weighted by Gasteiger charge is 2.04. The molecule has 0 amide bonds. The van der Waals surface area contributed by atoms with Crippen LogP contribution < -0.4 is 4.74 Å². The van der Waals surface area contributed by atoms with Crippen LogP contribution >= 0.6 is 11.3 Å². The van der Waals surface area contributed by atoms with Gasteiger partial charge in [-0.3, -0.25) is 0 Å². The minimum atomic E-state index is 0.697. The van der Waals surface area contributed by atoms with E-state index in [4.69, 9.17) is 4.74 Å². The number of ether oxygens (including phenoxy) is 1. The number of hydrogen-bond acceptors (Lipinski definition) is 3. The summed E-state index contributed by atoms with van der Waals surface area (Å²) in [7, 11) is 0. The van der Waals surface area contributed by atoms with Crippen molar-refractivity contribution in [1.82, 2.24) is 4.98 Å². The van der Waals surface area contributed by atoms with Crippen molar-refractivity contribution in [2.75, 3.05) is 6.61 Å². The van der Waals surface area contributed by atoms with Crippen molar-refractivity contribution < 1.29 is 4.74 Å². The Morgan fingerprint density at radius 2 is 2.07 bits per heavy atom. The van der Waals surface area contributed by atoms with Crippen molar-refractivity contribution in [3.8, 4) is 17.0 Å². The number of aromatic nitrogens is 1. The molecule has 3 heteroatoms. The van der Waals surface area contributed by atoms with Crippen LogP contribution in [-0.4, -0.2) is 11.6 Å². The third-order valence-electron chi connectivity index (χ3n) is 2.13. The van der Waals surface area contributed by atoms with E-state index in [1.807, 2.05) is 31.2 Å². The summed E-state index contributed by atoms with van der Waals surface area (Å²) in [6.07, 6.45) is 0. The number of rotatable bonds is 3. The molecule has 0 aliphatic heterocycles. The Hall–Kier alpha value is -1.35. The summed E-state index contributed by atoms with van der Waals surface area (Å²) in [4.78, 5) is 5.41. The molecule has 0 atom stereocenters. The van der Waals surface area contributed by atoms with E-state index in [9.17, 15) is 0 Å². The molecule has 77 valence electrons. The lowest BCUT2D eigenvalue weighted by Gasteiger charge is -2.03. The Kier molecular flexibility index (Phi) is 3.02. The molecular weight excluding hydrogens is 206 g/mol. The fraction of sp³-hybridized carbons (Fsp3) is 0.250. The zero-order valence-corrected chi connectivity index (χ0v) is 9.60. The van der Waals surface area contributed by atoms with E-state index >= 15 is 0 Å². The van der Waals surface area contributed by atoms with Gasteiger partial charge in [-0.2, -0.15) is 0 Å². The summed E-state index contributed by atoms with van der Waals surface area (Å²) in [5, 5.41) is 0. The maximum absolute atomic E-state index is 5.38. The van der Waals surface area contributed by atoms with Gasteiger partial charge < -0.3 is 4.74 Å². The molecule has 0 bridgehead atoms. The van der Waals surface area contributed by atoms with Crippen LogP contribution in [0.25, 0.3) is 11.3 Å². The topological polar surface area (TPSA) is 22.1 Å². The fourth-order valence-corrected chi connectivity index (χ4v) is 1.94. The Morgan fingerprint density at radius 3 is 2.60 bits per heavy atom. The minimum absolute atomic E-state index is 0.697. The minimum Gasteiger partial charge on any atom is -0.494 e. The maximum atomic E-state index is 5.38. The molecule has 0 saturated carbocycles. The van der Waals surface area contributed by atoms with E-state index in [0.29, 0.717) is 6.61 Å². The average Bonchev–Trinajstić information content (AvgIpc) is 2.66. The summed E-state index contributed by atoms with van der Waals surface area (Å²) in [5.41, 5.74) is 5.03. The predicted octanol–water partition coefficient (Wildman–Crippen LogP) is 3.32. The van der Waals surface area contributed by atoms with Crippen LogP contribution in [0.2, 0.25) is 0 Å². The highest BCUT2D eigenvalue weighted by Crippen LogP contribution is 2.25. The molecule has 0 unspecified atom stereocenters. The van der Waals surface area contributed by atoms with Gasteiger partial charge >= 0.3 is 0 Å². The van der Waals surface area contributed by atoms with Gasteiger partial charge in [-0.1, -0.05) is 0 Å². The lowest BCUT2D eigenvalue weighted by Crippen LogP contribution is -1.90. The molecule has 0 N–H and O–H groups in total. The second-order valence-corrected chi connectivity index (χ2v) is 4.17. The largest absolute Gasteiger partial charge is 0.494 e. The molecule has 0 spiro atoms. The molecule has 1 heterocycles. The Bertz CT molecular complexity index is 433. The van der Waals surface area contributed by atoms with E-state index in [-0.39, 0.29) is 0 Å². The van der Waals surface area contributed by atoms with Crippen LogP contribution in [0.15, 0.2) is 24.3 Å². The fourth-order valence-electron chi connectivity index (χ4n) is 1.41. The van der Waals surface area contributed by atoms with Gasteiger partial charge in [-0.15, -0.1) is 11.3 Å². The molecule has 1 aromatic carbocycles. The Labute approximate surface area is 93.6 Å². The first-order chi connectivity index (χ1) is 7.31. The summed E-state index contributed by atoms with van der Waals surface area (Å²) in [6, 6.07) is 8.00. The molecule has 1 radical (unpaired) electrons. The van der Waals surface area contributed by atoms with Crippen molar-refractivity contribution in [3.63, 3.8) is 0 Å². The van der Waals surface area contributed by atoms with Crippen molar-refractivity contribution in [1.29, 1.82) is 0 Å². The normalized spacial score (nSPS) is 10.3. The second kappa shape index (κ2) is 4.45. The molecular formula is C12H12NOS. The van der Waals surface area contributed by atoms with Crippen molar-refractivity contribution in [2.24, 2.45) is 0 Å². The van der Waals surface area contributed by atoms with E-state index in [1.54, 1.807) is 11.3 Å². The molecule has 0 saturated heterocycles. The smallest absolute Gasteiger partial charge is 0.153 e. The van der Waals surface area contributed by atoms with Crippen LogP contribution in [0.1, 0.15) is 11.8 Å². The summed E-state index contributed by atoms with van der Waals surface area (Å²) in [5.74, 6) is 0.901. The highest BCUT2D eigenvalue weighted by molar-refractivity contribution is 7.09. The Morgan fingerprint density at radius 1 is 1.33 bits per heavy atom. The van der Waals surface area contributed by atoms with Crippen molar-refractivity contribution in [2.45, 2.75) is 13.8 Å². The molecule has 2 nitrogen and oxygen atoms in total. The monoisotopic (exact) mass is 218 g/mol. The first-order valence-corrected chi connectivity index (χ1v) is 5.69. The second-order valence-electron chi connectivity index (χ2n) is 3.17. The molecule has 2 aromatic rings. The predicted molar refractivity (Wildman–Crippen MR) is 62.3 cm³/mol. The van der Waals surface area contributed by atoms with Crippen molar-refractivity contribution >= 4 is 11.3 Å². The lowest BCUT2D eigenvalue weighted by atomic mass is 10.1. The quantitative estimate of drug-likeness (QED) is 0.788. The van der Waals surface area contributed by atoms with E-state index in [1.165, 1.54) is 4.88 Å². The van der Waals surface area contributed by atoms with Crippen LogP contribution in [0, 0.1) is 12.4 Å². The molecule has 0 aliphatic rings. The SMILES string of the molecule is CCOc1ccc(-c2n[c]sc2C)cc1. The van der Waals surface area contributed by atoms with Crippen LogP contribution in [0.4, 0.5) is 0 Å². The lowest BCUT2D eigenvalue weighted by molar-refractivity contribution is 0.340. The average molecular weight is 218 g/mol. The molecule has 2 rings (SSSR count). The summed E-state index contributed by atoms with van der Waals surface area (Å²) in [6.45, 7) is 4.73. The van der Waals surface area contributed by atoms with Crippen molar-refractivity contribution in [3.05, 3.63) is 34.7 Å². The summed E-state index contributed by atoms with van der Waals surface area (Å²) < 4.78 is 5.38.